The molecular weight excluding hydrogens is 442 g/mol. The van der Waals surface area contributed by atoms with Gasteiger partial charge in [-0.05, 0) is 47.9 Å². The second-order valence-electron chi connectivity index (χ2n) is 8.55. The van der Waals surface area contributed by atoms with E-state index in [0.717, 1.165) is 67.3 Å². The summed E-state index contributed by atoms with van der Waals surface area (Å²) in [6.45, 7) is 6.07. The van der Waals surface area contributed by atoms with Crippen LogP contribution in [-0.2, 0) is 17.7 Å². The van der Waals surface area contributed by atoms with Crippen LogP contribution in [0.2, 0.25) is 0 Å². The first-order valence-electron chi connectivity index (χ1n) is 11.8. The average Bonchev–Trinajstić information content (AvgIpc) is 3.24. The summed E-state index contributed by atoms with van der Waals surface area (Å²) in [5, 5.41) is 10.2. The summed E-state index contributed by atoms with van der Waals surface area (Å²) in [4.78, 5) is 19.0. The Morgan fingerprint density at radius 1 is 1.06 bits per heavy atom. The van der Waals surface area contributed by atoms with Crippen LogP contribution in [0.1, 0.15) is 18.2 Å². The number of nitrogens with two attached hydrogens (primary N) is 1. The summed E-state index contributed by atoms with van der Waals surface area (Å²) in [6, 6.07) is 17.3. The number of ether oxygens (including phenoxy) is 1. The van der Waals surface area contributed by atoms with Crippen LogP contribution >= 0.6 is 0 Å². The van der Waals surface area contributed by atoms with Crippen LogP contribution in [-0.4, -0.2) is 51.8 Å². The molecule has 2 aromatic carbocycles. The molecule has 35 heavy (non-hydrogen) atoms. The number of nitrogens with one attached hydrogen (secondary N) is 2. The van der Waals surface area contributed by atoms with E-state index >= 15 is 0 Å². The lowest BCUT2D eigenvalue weighted by molar-refractivity contribution is 0.0334. The zero-order valence-corrected chi connectivity index (χ0v) is 19.7. The molecule has 2 aromatic heterocycles. The zero-order valence-electron chi connectivity index (χ0n) is 19.7. The molecule has 1 fully saturated rings. The fourth-order valence-electron chi connectivity index (χ4n) is 4.35. The largest absolute Gasteiger partial charge is 0.382 e. The number of nitrogen functional groups attached to an aromatic ring is 1. The van der Waals surface area contributed by atoms with Crippen molar-refractivity contribution in [1.29, 1.82) is 0 Å². The molecule has 4 aromatic rings. The smallest absolute Gasteiger partial charge is 0.323 e. The number of aryl methyl sites for hydroxylation is 1. The lowest BCUT2D eigenvalue weighted by Crippen LogP contribution is -2.36. The molecule has 5 rings (SSSR count). The Bertz CT molecular complexity index is 1330. The number of anilines is 3. The van der Waals surface area contributed by atoms with Gasteiger partial charge in [-0.15, -0.1) is 0 Å². The number of benzene rings is 2. The molecule has 2 amide bonds. The van der Waals surface area contributed by atoms with E-state index in [0.29, 0.717) is 11.5 Å². The van der Waals surface area contributed by atoms with Gasteiger partial charge in [0.15, 0.2) is 5.82 Å². The Hall–Kier alpha value is -3.95. The first kappa shape index (κ1) is 22.8. The number of carbonyl (C=O) groups excluding carboxylic acids is 1. The first-order valence-corrected chi connectivity index (χ1v) is 11.8. The predicted molar refractivity (Wildman–Crippen MR) is 137 cm³/mol. The Morgan fingerprint density at radius 2 is 1.83 bits per heavy atom. The number of fused-ring (bicyclic) bond motifs is 1. The van der Waals surface area contributed by atoms with Crippen molar-refractivity contribution in [2.45, 2.75) is 19.9 Å². The maximum Gasteiger partial charge on any atom is 0.323 e. The third kappa shape index (κ3) is 5.11. The standard InChI is InChI=1S/C26H29N7O2/c1-2-18-4-3-5-21(14-18)31-26(34)30-20-8-6-19(7-9-20)23-15-22(16-32-10-12-35-13-11-32)33-24(23)25(27)28-17-29-33/h3-9,14-15,17H,2,10-13,16H2,1H3,(H2,27,28,29)(H2,30,31,34). The number of carbonyl (C=O) groups is 1. The van der Waals surface area contributed by atoms with Gasteiger partial charge in [0.1, 0.15) is 11.8 Å². The molecular formula is C26H29N7O2. The number of nitrogens with zero attached hydrogens (tertiary/aromatic N) is 4. The molecule has 1 aliphatic heterocycles. The van der Waals surface area contributed by atoms with Gasteiger partial charge in [0, 0.05) is 36.6 Å². The van der Waals surface area contributed by atoms with Gasteiger partial charge >= 0.3 is 6.03 Å². The van der Waals surface area contributed by atoms with Crippen molar-refractivity contribution in [3.63, 3.8) is 0 Å². The Labute approximate surface area is 203 Å². The summed E-state index contributed by atoms with van der Waals surface area (Å²) >= 11 is 0. The number of rotatable bonds is 6. The molecule has 0 unspecified atom stereocenters. The van der Waals surface area contributed by atoms with Crippen LogP contribution in [0, 0.1) is 0 Å². The molecule has 0 spiro atoms. The molecule has 1 saturated heterocycles. The minimum absolute atomic E-state index is 0.286. The fraction of sp³-hybridized carbons (Fsp3) is 0.269. The molecule has 0 radical (unpaired) electrons. The van der Waals surface area contributed by atoms with E-state index in [4.69, 9.17) is 10.5 Å². The second kappa shape index (κ2) is 10.1. The maximum atomic E-state index is 12.5. The van der Waals surface area contributed by atoms with Gasteiger partial charge in [0.05, 0.1) is 18.9 Å². The van der Waals surface area contributed by atoms with Crippen molar-refractivity contribution in [2.24, 2.45) is 0 Å². The number of morpholine rings is 1. The summed E-state index contributed by atoms with van der Waals surface area (Å²) in [7, 11) is 0. The van der Waals surface area contributed by atoms with Gasteiger partial charge in [-0.1, -0.05) is 31.2 Å². The van der Waals surface area contributed by atoms with E-state index in [1.165, 1.54) is 11.9 Å². The minimum Gasteiger partial charge on any atom is -0.382 e. The molecule has 3 heterocycles. The summed E-state index contributed by atoms with van der Waals surface area (Å²) in [6.07, 6.45) is 2.40. The van der Waals surface area contributed by atoms with Gasteiger partial charge in [-0.25, -0.2) is 14.3 Å². The van der Waals surface area contributed by atoms with E-state index < -0.39 is 0 Å². The van der Waals surface area contributed by atoms with E-state index in [2.05, 4.69) is 38.6 Å². The van der Waals surface area contributed by atoms with Crippen molar-refractivity contribution in [1.82, 2.24) is 19.5 Å². The van der Waals surface area contributed by atoms with Crippen molar-refractivity contribution in [3.8, 4) is 11.1 Å². The number of amides is 2. The highest BCUT2D eigenvalue weighted by atomic mass is 16.5. The summed E-state index contributed by atoms with van der Waals surface area (Å²) in [5.74, 6) is 0.430. The Balaban J connectivity index is 1.35. The van der Waals surface area contributed by atoms with Gasteiger partial charge in [0.2, 0.25) is 0 Å². The zero-order chi connectivity index (χ0) is 24.2. The Morgan fingerprint density at radius 3 is 2.60 bits per heavy atom. The molecule has 9 heteroatoms. The van der Waals surface area contributed by atoms with Gasteiger partial charge in [-0.3, -0.25) is 4.90 Å². The van der Waals surface area contributed by atoms with Crippen LogP contribution in [0.3, 0.4) is 0 Å². The highest BCUT2D eigenvalue weighted by molar-refractivity contribution is 6.00. The van der Waals surface area contributed by atoms with E-state index in [1.54, 1.807) is 0 Å². The molecule has 0 aliphatic carbocycles. The van der Waals surface area contributed by atoms with E-state index in [9.17, 15) is 4.79 Å². The molecule has 0 bridgehead atoms. The minimum atomic E-state index is -0.286. The number of hydrogen-bond donors (Lipinski definition) is 3. The molecule has 1 aliphatic rings. The van der Waals surface area contributed by atoms with Crippen molar-refractivity contribution >= 4 is 28.7 Å². The molecule has 9 nitrogen and oxygen atoms in total. The van der Waals surface area contributed by atoms with Crippen LogP contribution in [0.25, 0.3) is 16.6 Å². The fourth-order valence-corrected chi connectivity index (χ4v) is 4.35. The highest BCUT2D eigenvalue weighted by Crippen LogP contribution is 2.31. The molecule has 180 valence electrons. The number of hydrogen-bond acceptors (Lipinski definition) is 6. The van der Waals surface area contributed by atoms with Crippen molar-refractivity contribution < 1.29 is 9.53 Å². The normalized spacial score (nSPS) is 14.2. The molecule has 0 atom stereocenters. The maximum absolute atomic E-state index is 12.5. The predicted octanol–water partition coefficient (Wildman–Crippen LogP) is 4.02. The van der Waals surface area contributed by atoms with Crippen LogP contribution in [0.4, 0.5) is 22.0 Å². The molecule has 4 N–H and O–H groups in total. The molecule has 0 saturated carbocycles. The first-order chi connectivity index (χ1) is 17.1. The topological polar surface area (TPSA) is 110 Å². The van der Waals surface area contributed by atoms with Gasteiger partial charge < -0.3 is 21.1 Å². The summed E-state index contributed by atoms with van der Waals surface area (Å²) < 4.78 is 7.34. The van der Waals surface area contributed by atoms with Crippen molar-refractivity contribution in [3.05, 3.63) is 72.2 Å². The second-order valence-corrected chi connectivity index (χ2v) is 8.55. The van der Waals surface area contributed by atoms with Crippen LogP contribution in [0.15, 0.2) is 60.9 Å². The van der Waals surface area contributed by atoms with Gasteiger partial charge in [0.25, 0.3) is 0 Å². The van der Waals surface area contributed by atoms with Crippen molar-refractivity contribution in [2.75, 3.05) is 42.7 Å². The monoisotopic (exact) mass is 471 g/mol. The van der Waals surface area contributed by atoms with Crippen LogP contribution in [0.5, 0.6) is 0 Å². The average molecular weight is 472 g/mol. The Kier molecular flexibility index (Phi) is 6.60. The number of urea groups is 1. The SMILES string of the molecule is CCc1cccc(NC(=O)Nc2ccc(-c3cc(CN4CCOCC4)n4ncnc(N)c34)cc2)c1. The quantitative estimate of drug-likeness (QED) is 0.392. The highest BCUT2D eigenvalue weighted by Gasteiger charge is 2.18. The number of aromatic nitrogens is 3. The van der Waals surface area contributed by atoms with Crippen LogP contribution < -0.4 is 16.4 Å². The van der Waals surface area contributed by atoms with Gasteiger partial charge in [-0.2, -0.15) is 5.10 Å². The lowest BCUT2D eigenvalue weighted by atomic mass is 10.1. The lowest BCUT2D eigenvalue weighted by Gasteiger charge is -2.26. The summed E-state index contributed by atoms with van der Waals surface area (Å²) in [5.41, 5.74) is 12.6. The third-order valence-corrected chi connectivity index (χ3v) is 6.19. The van der Waals surface area contributed by atoms with E-state index in [1.807, 2.05) is 53.0 Å². The van der Waals surface area contributed by atoms with E-state index in [-0.39, 0.29) is 6.03 Å². The third-order valence-electron chi connectivity index (χ3n) is 6.19.